The number of nitrogens with one attached hydrogen (secondary N) is 1. The van der Waals surface area contributed by atoms with Crippen molar-refractivity contribution in [2.24, 2.45) is 0 Å². The van der Waals surface area contributed by atoms with Crippen LogP contribution in [0.4, 0.5) is 5.69 Å². The van der Waals surface area contributed by atoms with Crippen LogP contribution < -0.4 is 10.1 Å². The summed E-state index contributed by atoms with van der Waals surface area (Å²) in [7, 11) is 1.32. The fourth-order valence-electron chi connectivity index (χ4n) is 1.78. The van der Waals surface area contributed by atoms with Crippen molar-refractivity contribution in [3.8, 4) is 5.75 Å². The van der Waals surface area contributed by atoms with Gasteiger partial charge in [0.15, 0.2) is 0 Å². The second-order valence-corrected chi connectivity index (χ2v) is 3.94. The highest BCUT2D eigenvalue weighted by Gasteiger charge is 2.27. The molecule has 0 amide bonds. The van der Waals surface area contributed by atoms with Crippen molar-refractivity contribution in [3.63, 3.8) is 0 Å². The number of benzene rings is 1. The number of hydrogen-bond donors (Lipinski definition) is 1. The molecule has 1 unspecified atom stereocenters. The molecule has 1 N–H and O–H groups in total. The molecule has 1 atom stereocenters. The predicted molar refractivity (Wildman–Crippen MR) is 67.3 cm³/mol. The summed E-state index contributed by atoms with van der Waals surface area (Å²) in [5.74, 6) is -0.313. The van der Waals surface area contributed by atoms with Crippen LogP contribution in [0.2, 0.25) is 0 Å². The number of anilines is 1. The summed E-state index contributed by atoms with van der Waals surface area (Å²) in [6, 6.07) is 4.84. The molecule has 2 rings (SSSR count). The molecule has 1 aromatic carbocycles. The molecule has 0 bridgehead atoms. The highest BCUT2D eigenvalue weighted by molar-refractivity contribution is 5.91. The molecule has 102 valence electrons. The Morgan fingerprint density at radius 1 is 1.47 bits per heavy atom. The first-order valence-electron chi connectivity index (χ1n) is 5.95. The summed E-state index contributed by atoms with van der Waals surface area (Å²) in [6.45, 7) is 2.36. The van der Waals surface area contributed by atoms with Crippen molar-refractivity contribution < 1.29 is 23.8 Å². The first-order valence-corrected chi connectivity index (χ1v) is 5.95. The number of hydrogen-bond acceptors (Lipinski definition) is 6. The van der Waals surface area contributed by atoms with Crippen LogP contribution in [0.1, 0.15) is 17.3 Å². The second kappa shape index (κ2) is 5.60. The Labute approximate surface area is 110 Å². The number of carbonyl (C=O) groups excluding carboxylic acids is 2. The van der Waals surface area contributed by atoms with E-state index in [0.717, 1.165) is 0 Å². The fraction of sp³-hybridized carbons (Fsp3) is 0.385. The Morgan fingerprint density at radius 3 is 2.95 bits per heavy atom. The van der Waals surface area contributed by atoms with Crippen molar-refractivity contribution >= 4 is 17.6 Å². The van der Waals surface area contributed by atoms with E-state index in [1.54, 1.807) is 25.1 Å². The van der Waals surface area contributed by atoms with E-state index in [1.807, 2.05) is 0 Å². The van der Waals surface area contributed by atoms with Gasteiger partial charge in [-0.1, -0.05) is 0 Å². The monoisotopic (exact) mass is 265 g/mol. The second-order valence-electron chi connectivity index (χ2n) is 3.94. The van der Waals surface area contributed by atoms with Crippen LogP contribution >= 0.6 is 0 Å². The Balaban J connectivity index is 2.14. The van der Waals surface area contributed by atoms with Crippen molar-refractivity contribution in [2.45, 2.75) is 13.0 Å². The molecule has 0 saturated heterocycles. The van der Waals surface area contributed by atoms with E-state index in [1.165, 1.54) is 7.11 Å². The quantitative estimate of drug-likeness (QED) is 0.828. The number of rotatable bonds is 3. The van der Waals surface area contributed by atoms with E-state index in [-0.39, 0.29) is 0 Å². The maximum atomic E-state index is 11.6. The largest absolute Gasteiger partial charge is 0.475 e. The Hall–Kier alpha value is -2.24. The van der Waals surface area contributed by atoms with Crippen LogP contribution in [0.25, 0.3) is 0 Å². The fourth-order valence-corrected chi connectivity index (χ4v) is 1.78. The molecule has 19 heavy (non-hydrogen) atoms. The van der Waals surface area contributed by atoms with Gasteiger partial charge in [0.05, 0.1) is 31.5 Å². The standard InChI is InChI=1S/C13H15NO5/c1-3-18-13(16)11-7-14-9-6-8(12(15)17-2)4-5-10(9)19-11/h4-6,11,14H,3,7H2,1-2H3. The van der Waals surface area contributed by atoms with Crippen LogP contribution in [0.5, 0.6) is 5.75 Å². The Kier molecular flexibility index (Phi) is 3.89. The lowest BCUT2D eigenvalue weighted by Gasteiger charge is -2.26. The van der Waals surface area contributed by atoms with Gasteiger partial charge in [-0.2, -0.15) is 0 Å². The van der Waals surface area contributed by atoms with Gasteiger partial charge in [-0.15, -0.1) is 0 Å². The number of fused-ring (bicyclic) bond motifs is 1. The average Bonchev–Trinajstić information content (AvgIpc) is 2.45. The highest BCUT2D eigenvalue weighted by Crippen LogP contribution is 2.30. The Bertz CT molecular complexity index is 500. The summed E-state index contributed by atoms with van der Waals surface area (Å²) in [4.78, 5) is 23.0. The topological polar surface area (TPSA) is 73.9 Å². The van der Waals surface area contributed by atoms with Gasteiger partial charge < -0.3 is 19.5 Å². The van der Waals surface area contributed by atoms with Gasteiger partial charge in [-0.25, -0.2) is 9.59 Å². The zero-order valence-electron chi connectivity index (χ0n) is 10.8. The average molecular weight is 265 g/mol. The minimum atomic E-state index is -0.670. The van der Waals surface area contributed by atoms with Gasteiger partial charge in [0.1, 0.15) is 5.75 Å². The summed E-state index contributed by atoms with van der Waals surface area (Å²) in [5, 5.41) is 3.04. The summed E-state index contributed by atoms with van der Waals surface area (Å²) in [5.41, 5.74) is 1.08. The van der Waals surface area contributed by atoms with Crippen molar-refractivity contribution in [3.05, 3.63) is 23.8 Å². The first-order chi connectivity index (χ1) is 9.15. The van der Waals surface area contributed by atoms with Gasteiger partial charge in [0, 0.05) is 0 Å². The number of ether oxygens (including phenoxy) is 3. The SMILES string of the molecule is CCOC(=O)C1CNc2cc(C(=O)OC)ccc2O1. The zero-order valence-corrected chi connectivity index (χ0v) is 10.8. The van der Waals surface area contributed by atoms with Crippen molar-refractivity contribution in [1.29, 1.82) is 0 Å². The van der Waals surface area contributed by atoms with Gasteiger partial charge in [-0.05, 0) is 25.1 Å². The minimum Gasteiger partial charge on any atom is -0.475 e. The maximum absolute atomic E-state index is 11.6. The van der Waals surface area contributed by atoms with E-state index in [9.17, 15) is 9.59 Å². The molecule has 0 radical (unpaired) electrons. The van der Waals surface area contributed by atoms with Crippen molar-refractivity contribution in [1.82, 2.24) is 0 Å². The van der Waals surface area contributed by atoms with Crippen LogP contribution in [-0.2, 0) is 14.3 Å². The molecule has 0 saturated carbocycles. The van der Waals surface area contributed by atoms with E-state index in [2.05, 4.69) is 10.1 Å². The van der Waals surface area contributed by atoms with Crippen LogP contribution in [0.3, 0.4) is 0 Å². The third-order valence-electron chi connectivity index (χ3n) is 2.70. The molecular weight excluding hydrogens is 250 g/mol. The molecule has 1 heterocycles. The minimum absolute atomic E-state index is 0.302. The maximum Gasteiger partial charge on any atom is 0.349 e. The van der Waals surface area contributed by atoms with Gasteiger partial charge in [0.2, 0.25) is 6.10 Å². The lowest BCUT2D eigenvalue weighted by molar-refractivity contribution is -0.150. The summed E-state index contributed by atoms with van der Waals surface area (Å²) in [6.07, 6.45) is -0.670. The van der Waals surface area contributed by atoms with Crippen LogP contribution in [0, 0.1) is 0 Å². The van der Waals surface area contributed by atoms with E-state index in [4.69, 9.17) is 9.47 Å². The molecule has 1 aliphatic rings. The van der Waals surface area contributed by atoms with Gasteiger partial charge >= 0.3 is 11.9 Å². The zero-order chi connectivity index (χ0) is 13.8. The summed E-state index contributed by atoms with van der Waals surface area (Å²) >= 11 is 0. The molecular formula is C13H15NO5. The lowest BCUT2D eigenvalue weighted by atomic mass is 10.1. The lowest BCUT2D eigenvalue weighted by Crippen LogP contribution is -2.39. The number of methoxy groups -OCH3 is 1. The molecule has 1 aliphatic heterocycles. The van der Waals surface area contributed by atoms with E-state index < -0.39 is 18.0 Å². The van der Waals surface area contributed by atoms with Gasteiger partial charge in [-0.3, -0.25) is 0 Å². The van der Waals surface area contributed by atoms with Crippen molar-refractivity contribution in [2.75, 3.05) is 25.6 Å². The highest BCUT2D eigenvalue weighted by atomic mass is 16.6. The summed E-state index contributed by atoms with van der Waals surface area (Å²) < 4.78 is 15.1. The molecule has 0 aliphatic carbocycles. The number of carbonyl (C=O) groups is 2. The molecule has 6 heteroatoms. The third-order valence-corrected chi connectivity index (χ3v) is 2.70. The number of esters is 2. The van der Waals surface area contributed by atoms with Crippen LogP contribution in [-0.4, -0.2) is 38.3 Å². The van der Waals surface area contributed by atoms with E-state index in [0.29, 0.717) is 30.2 Å². The van der Waals surface area contributed by atoms with E-state index >= 15 is 0 Å². The molecule has 0 aromatic heterocycles. The smallest absolute Gasteiger partial charge is 0.349 e. The van der Waals surface area contributed by atoms with Crippen LogP contribution in [0.15, 0.2) is 18.2 Å². The molecule has 1 aromatic rings. The molecule has 6 nitrogen and oxygen atoms in total. The normalized spacial score (nSPS) is 16.6. The predicted octanol–water partition coefficient (Wildman–Crippen LogP) is 1.21. The Morgan fingerprint density at radius 2 is 2.26 bits per heavy atom. The molecule has 0 fully saturated rings. The molecule has 0 spiro atoms. The third kappa shape index (κ3) is 2.78. The first kappa shape index (κ1) is 13.2. The van der Waals surface area contributed by atoms with Gasteiger partial charge in [0.25, 0.3) is 0 Å².